The molecule has 0 unspecified atom stereocenters. The van der Waals surface area contributed by atoms with Gasteiger partial charge in [0.05, 0.1) is 21.8 Å². The second-order valence-electron chi connectivity index (χ2n) is 19.3. The molecule has 6 aliphatic carbocycles. The third-order valence-corrected chi connectivity index (χ3v) is 16.4. The van der Waals surface area contributed by atoms with Crippen LogP contribution in [0.3, 0.4) is 0 Å². The summed E-state index contributed by atoms with van der Waals surface area (Å²) in [5, 5.41) is 2.69. The highest BCUT2D eigenvalue weighted by molar-refractivity contribution is 7.26. The fraction of sp³-hybridized carbons (Fsp3) is 0.321. The van der Waals surface area contributed by atoms with E-state index in [9.17, 15) is 0 Å². The fourth-order valence-electron chi connectivity index (χ4n) is 13.1. The lowest BCUT2D eigenvalue weighted by Gasteiger charge is -2.61. The Morgan fingerprint density at radius 2 is 1.13 bits per heavy atom. The van der Waals surface area contributed by atoms with Crippen LogP contribution in [-0.2, 0) is 16.2 Å². The van der Waals surface area contributed by atoms with Crippen LogP contribution in [0.25, 0.3) is 42.4 Å². The topological polar surface area (TPSA) is 3.24 Å². The fourth-order valence-corrected chi connectivity index (χ4v) is 14.3. The summed E-state index contributed by atoms with van der Waals surface area (Å²) < 4.78 is 2.70. The zero-order valence-electron chi connectivity index (χ0n) is 32.7. The first-order valence-corrected chi connectivity index (χ1v) is 21.7. The van der Waals surface area contributed by atoms with Gasteiger partial charge in [-0.3, -0.25) is 0 Å². The van der Waals surface area contributed by atoms with Crippen LogP contribution < -0.4 is 4.90 Å². The maximum atomic E-state index is 2.71. The van der Waals surface area contributed by atoms with E-state index >= 15 is 0 Å². The van der Waals surface area contributed by atoms with Gasteiger partial charge in [0.2, 0.25) is 0 Å². The summed E-state index contributed by atoms with van der Waals surface area (Å²) in [6.45, 7) is 12.0. The summed E-state index contributed by atoms with van der Waals surface area (Å²) in [6, 6.07) is 47.5. The zero-order valence-corrected chi connectivity index (χ0v) is 33.6. The molecule has 4 fully saturated rings. The Bertz CT molecular complexity index is 2720. The number of hydrogen-bond acceptors (Lipinski definition) is 2. The van der Waals surface area contributed by atoms with Gasteiger partial charge in [0.25, 0.3) is 0 Å². The van der Waals surface area contributed by atoms with Gasteiger partial charge < -0.3 is 4.90 Å². The lowest BCUT2D eigenvalue weighted by molar-refractivity contribution is -0.0399. The monoisotopic (exact) mass is 731 g/mol. The quantitative estimate of drug-likeness (QED) is 0.175. The molecule has 272 valence electrons. The maximum absolute atomic E-state index is 2.71. The largest absolute Gasteiger partial charge is 0.308 e. The smallest absolute Gasteiger partial charge is 0.0640 e. The Kier molecular flexibility index (Phi) is 6.52. The molecular formula is C53H49NS. The van der Waals surface area contributed by atoms with Gasteiger partial charge in [-0.25, -0.2) is 0 Å². The Labute approximate surface area is 330 Å². The SMILES string of the molecule is CC(C)(C)c1ccc2c(c1)C1(c3cccc(N(c4cccc5c4-c4ccccc4C5(C)C)c4cccc5c4sc4ccccc45)c3-2)C2CC3CC(C2)CC1C3. The predicted octanol–water partition coefficient (Wildman–Crippen LogP) is 14.9. The normalized spacial score (nSPS) is 25.0. The van der Waals surface area contributed by atoms with Gasteiger partial charge in [0, 0.05) is 37.4 Å². The Balaban J connectivity index is 1.20. The van der Waals surface area contributed by atoms with Crippen molar-refractivity contribution in [3.05, 3.63) is 149 Å². The summed E-state index contributed by atoms with van der Waals surface area (Å²) in [5.41, 5.74) is 17.2. The van der Waals surface area contributed by atoms with Crippen molar-refractivity contribution in [1.82, 2.24) is 0 Å². The van der Waals surface area contributed by atoms with Crippen molar-refractivity contribution in [2.75, 3.05) is 4.90 Å². The van der Waals surface area contributed by atoms with E-state index in [1.807, 2.05) is 11.3 Å². The van der Waals surface area contributed by atoms with E-state index in [-0.39, 0.29) is 16.2 Å². The molecule has 6 aliphatic rings. The molecule has 55 heavy (non-hydrogen) atoms. The average molecular weight is 732 g/mol. The molecule has 6 aromatic carbocycles. The third-order valence-electron chi connectivity index (χ3n) is 15.2. The highest BCUT2D eigenvalue weighted by Crippen LogP contribution is 2.71. The lowest BCUT2D eigenvalue weighted by atomic mass is 9.43. The Hall–Kier alpha value is -4.66. The highest BCUT2D eigenvalue weighted by atomic mass is 32.1. The third kappa shape index (κ3) is 4.20. The summed E-state index contributed by atoms with van der Waals surface area (Å²) in [5.74, 6) is 3.24. The van der Waals surface area contributed by atoms with Crippen molar-refractivity contribution in [2.24, 2.45) is 23.7 Å². The van der Waals surface area contributed by atoms with E-state index < -0.39 is 0 Å². The summed E-state index contributed by atoms with van der Waals surface area (Å²) in [6.07, 6.45) is 7.02. The van der Waals surface area contributed by atoms with Crippen molar-refractivity contribution in [2.45, 2.75) is 83.0 Å². The van der Waals surface area contributed by atoms with Crippen LogP contribution in [0.1, 0.15) is 94.5 Å². The standard InChI is InChI=1S/C53H49NS/c1-51(2,3)33-23-24-39-43(30-33)53(34-26-31-25-32(28-34)29-35(53)27-31)42-18-12-20-45(49(39)42)54(46-21-10-15-37-36-13-7-9-22-47(36)55-50(37)46)44-19-11-17-41-48(44)38-14-6-8-16-40(38)52(41,4)5/h6-24,30-32,34-35H,25-29H2,1-5H3. The molecule has 0 atom stereocenters. The van der Waals surface area contributed by atoms with E-state index in [4.69, 9.17) is 0 Å². The first-order valence-electron chi connectivity index (χ1n) is 20.9. The molecular weight excluding hydrogens is 683 g/mol. The van der Waals surface area contributed by atoms with Crippen molar-refractivity contribution < 1.29 is 0 Å². The predicted molar refractivity (Wildman–Crippen MR) is 234 cm³/mol. The molecule has 0 radical (unpaired) electrons. The second kappa shape index (κ2) is 11.0. The van der Waals surface area contributed by atoms with Crippen molar-refractivity contribution in [1.29, 1.82) is 0 Å². The number of anilines is 3. The van der Waals surface area contributed by atoms with Crippen LogP contribution in [-0.4, -0.2) is 0 Å². The lowest BCUT2D eigenvalue weighted by Crippen LogP contribution is -2.55. The van der Waals surface area contributed by atoms with Crippen molar-refractivity contribution in [3.8, 4) is 22.3 Å². The number of rotatable bonds is 3. The van der Waals surface area contributed by atoms with E-state index in [0.717, 1.165) is 11.8 Å². The molecule has 0 aliphatic heterocycles. The molecule has 0 saturated heterocycles. The van der Waals surface area contributed by atoms with Gasteiger partial charge in [-0.1, -0.05) is 132 Å². The van der Waals surface area contributed by atoms with Gasteiger partial charge >= 0.3 is 0 Å². The number of nitrogens with zero attached hydrogens (tertiary/aromatic N) is 1. The van der Waals surface area contributed by atoms with Gasteiger partial charge in [-0.05, 0) is 124 Å². The minimum atomic E-state index is -0.0870. The van der Waals surface area contributed by atoms with E-state index in [2.05, 4.69) is 161 Å². The number of hydrogen-bond donors (Lipinski definition) is 0. The van der Waals surface area contributed by atoms with E-state index in [1.54, 1.807) is 11.1 Å². The number of fused-ring (bicyclic) bond motifs is 9. The van der Waals surface area contributed by atoms with Crippen LogP contribution in [0.4, 0.5) is 17.1 Å². The molecule has 4 saturated carbocycles. The highest BCUT2D eigenvalue weighted by Gasteiger charge is 2.62. The molecule has 1 aromatic heterocycles. The van der Waals surface area contributed by atoms with Crippen LogP contribution in [0.5, 0.6) is 0 Å². The molecule has 0 amide bonds. The van der Waals surface area contributed by atoms with Crippen molar-refractivity contribution >= 4 is 48.6 Å². The molecule has 1 nitrogen and oxygen atoms in total. The Morgan fingerprint density at radius 1 is 0.545 bits per heavy atom. The minimum Gasteiger partial charge on any atom is -0.308 e. The molecule has 0 N–H and O–H groups in total. The molecule has 7 aromatic rings. The van der Waals surface area contributed by atoms with Gasteiger partial charge in [0.15, 0.2) is 0 Å². The average Bonchev–Trinajstić information content (AvgIpc) is 3.78. The summed E-state index contributed by atoms with van der Waals surface area (Å²) >= 11 is 1.95. The van der Waals surface area contributed by atoms with E-state index in [0.29, 0.717) is 11.8 Å². The molecule has 13 rings (SSSR count). The summed E-state index contributed by atoms with van der Waals surface area (Å²) in [7, 11) is 0. The van der Waals surface area contributed by atoms with Crippen molar-refractivity contribution in [3.63, 3.8) is 0 Å². The van der Waals surface area contributed by atoms with Gasteiger partial charge in [0.1, 0.15) is 0 Å². The molecule has 4 bridgehead atoms. The minimum absolute atomic E-state index is 0.0812. The second-order valence-corrected chi connectivity index (χ2v) is 20.4. The number of benzene rings is 6. The molecule has 2 heteroatoms. The van der Waals surface area contributed by atoms with Gasteiger partial charge in [-0.15, -0.1) is 11.3 Å². The van der Waals surface area contributed by atoms with Crippen LogP contribution in [0.2, 0.25) is 0 Å². The molecule has 1 heterocycles. The van der Waals surface area contributed by atoms with E-state index in [1.165, 1.54) is 108 Å². The first-order chi connectivity index (χ1) is 26.6. The van der Waals surface area contributed by atoms with Crippen LogP contribution >= 0.6 is 11.3 Å². The maximum Gasteiger partial charge on any atom is 0.0640 e. The van der Waals surface area contributed by atoms with Gasteiger partial charge in [-0.2, -0.15) is 0 Å². The number of thiophene rings is 1. The molecule has 1 spiro atoms. The Morgan fingerprint density at radius 3 is 1.87 bits per heavy atom. The van der Waals surface area contributed by atoms with Crippen LogP contribution in [0.15, 0.2) is 121 Å². The zero-order chi connectivity index (χ0) is 37.0. The first kappa shape index (κ1) is 32.6. The summed E-state index contributed by atoms with van der Waals surface area (Å²) in [4.78, 5) is 2.71. The van der Waals surface area contributed by atoms with Crippen LogP contribution in [0, 0.1) is 23.7 Å².